The van der Waals surface area contributed by atoms with Crippen LogP contribution in [-0.4, -0.2) is 36.7 Å². The Morgan fingerprint density at radius 3 is 2.77 bits per heavy atom. The average molecular weight is 423 g/mol. The Morgan fingerprint density at radius 1 is 1.16 bits per heavy atom. The lowest BCUT2D eigenvalue weighted by atomic mass is 9.92. The van der Waals surface area contributed by atoms with Gasteiger partial charge in [0.25, 0.3) is 5.91 Å². The highest BCUT2D eigenvalue weighted by Gasteiger charge is 2.33. The van der Waals surface area contributed by atoms with Crippen LogP contribution < -0.4 is 25.4 Å². The molecule has 2 aromatic carbocycles. The van der Waals surface area contributed by atoms with Crippen molar-refractivity contribution in [1.29, 1.82) is 0 Å². The molecule has 0 aliphatic carbocycles. The van der Waals surface area contributed by atoms with E-state index in [1.54, 1.807) is 25.3 Å². The molecule has 0 bridgehead atoms. The number of carbonyl (C=O) groups is 3. The molecule has 31 heavy (non-hydrogen) atoms. The van der Waals surface area contributed by atoms with Gasteiger partial charge in [-0.2, -0.15) is 0 Å². The summed E-state index contributed by atoms with van der Waals surface area (Å²) in [6.07, 6.45) is 0.841. The van der Waals surface area contributed by atoms with E-state index in [0.717, 1.165) is 5.56 Å². The number of urea groups is 1. The topological polar surface area (TPSA) is 126 Å². The van der Waals surface area contributed by atoms with E-state index in [1.165, 1.54) is 0 Å². The summed E-state index contributed by atoms with van der Waals surface area (Å²) < 4.78 is 10.6. The predicted octanol–water partition coefficient (Wildman–Crippen LogP) is 2.35. The molecule has 1 atom stereocenters. The van der Waals surface area contributed by atoms with Crippen LogP contribution in [0, 0.1) is 0 Å². The summed E-state index contributed by atoms with van der Waals surface area (Å²) in [5.74, 6) is -0.249. The van der Waals surface area contributed by atoms with Crippen LogP contribution in [0.2, 0.25) is 0 Å². The average Bonchev–Trinajstić information content (AvgIpc) is 2.76. The van der Waals surface area contributed by atoms with Gasteiger partial charge in [-0.05, 0) is 48.2 Å². The van der Waals surface area contributed by atoms with Crippen molar-refractivity contribution < 1.29 is 29.0 Å². The van der Waals surface area contributed by atoms with E-state index in [4.69, 9.17) is 9.47 Å². The van der Waals surface area contributed by atoms with Crippen molar-refractivity contribution in [3.05, 3.63) is 64.9 Å². The summed E-state index contributed by atoms with van der Waals surface area (Å²) >= 11 is 0. The molecule has 4 rings (SSSR count). The maximum atomic E-state index is 12.3. The first-order valence-corrected chi connectivity index (χ1v) is 9.68. The second kappa shape index (κ2) is 8.39. The zero-order valence-corrected chi connectivity index (χ0v) is 16.7. The number of aliphatic carboxylic acids is 1. The Kier molecular flexibility index (Phi) is 5.48. The fourth-order valence-electron chi connectivity index (χ4n) is 3.70. The molecule has 0 spiro atoms. The maximum absolute atomic E-state index is 12.3. The van der Waals surface area contributed by atoms with Crippen LogP contribution in [0.15, 0.2) is 53.7 Å². The van der Waals surface area contributed by atoms with E-state index in [1.807, 2.05) is 24.3 Å². The van der Waals surface area contributed by atoms with Gasteiger partial charge in [0, 0.05) is 5.70 Å². The van der Waals surface area contributed by atoms with Crippen LogP contribution >= 0.6 is 0 Å². The summed E-state index contributed by atoms with van der Waals surface area (Å²) in [6, 6.07) is 11.0. The summed E-state index contributed by atoms with van der Waals surface area (Å²) in [7, 11) is 1.58. The van der Waals surface area contributed by atoms with Crippen LogP contribution in [0.25, 0.3) is 0 Å². The number of carboxylic acid groups (broad SMARTS) is 1. The first-order chi connectivity index (χ1) is 14.9. The van der Waals surface area contributed by atoms with Gasteiger partial charge in [-0.25, -0.2) is 9.59 Å². The molecule has 2 aromatic rings. The van der Waals surface area contributed by atoms with E-state index in [-0.39, 0.29) is 18.1 Å². The zero-order valence-electron chi connectivity index (χ0n) is 16.7. The lowest BCUT2D eigenvalue weighted by Crippen LogP contribution is -2.45. The number of ether oxygens (including phenoxy) is 2. The van der Waals surface area contributed by atoms with Gasteiger partial charge >= 0.3 is 12.0 Å². The molecule has 9 nitrogen and oxygen atoms in total. The van der Waals surface area contributed by atoms with Crippen LogP contribution in [0.3, 0.4) is 0 Å². The van der Waals surface area contributed by atoms with E-state index in [9.17, 15) is 19.5 Å². The van der Waals surface area contributed by atoms with E-state index < -0.39 is 18.0 Å². The second-order valence-corrected chi connectivity index (χ2v) is 7.17. The number of anilines is 1. The number of hydrogen-bond acceptors (Lipinski definition) is 5. The minimum atomic E-state index is -1.14. The highest BCUT2D eigenvalue weighted by atomic mass is 16.5. The molecule has 0 saturated heterocycles. The van der Waals surface area contributed by atoms with Gasteiger partial charge in [-0.15, -0.1) is 0 Å². The second-order valence-electron chi connectivity index (χ2n) is 7.17. The molecule has 0 fully saturated rings. The van der Waals surface area contributed by atoms with Crippen molar-refractivity contribution >= 4 is 23.6 Å². The number of carbonyl (C=O) groups excluding carboxylic acids is 2. The van der Waals surface area contributed by atoms with Crippen molar-refractivity contribution in [3.63, 3.8) is 0 Å². The molecule has 4 N–H and O–H groups in total. The number of rotatable bonds is 6. The molecule has 0 radical (unpaired) electrons. The molecule has 9 heteroatoms. The van der Waals surface area contributed by atoms with Gasteiger partial charge < -0.3 is 30.5 Å². The molecule has 2 aliphatic heterocycles. The maximum Gasteiger partial charge on any atom is 0.335 e. The summed E-state index contributed by atoms with van der Waals surface area (Å²) in [4.78, 5) is 36.1. The molecule has 0 saturated carbocycles. The normalized spacial score (nSPS) is 17.6. The zero-order chi connectivity index (χ0) is 22.0. The monoisotopic (exact) mass is 423 g/mol. The number of benzene rings is 2. The van der Waals surface area contributed by atoms with Gasteiger partial charge in [0.2, 0.25) is 0 Å². The Morgan fingerprint density at radius 2 is 2.00 bits per heavy atom. The minimum absolute atomic E-state index is 0.0468. The molecule has 1 unspecified atom stereocenters. The standard InChI is InChI=1S/C22H21N3O6/c1-30-14-4-2-3-12(9-14)5-7-15-19(21(27)28)20(25-22(29)24-15)13-6-8-17-16(10-13)23-18(26)11-31-17/h2-4,6,8-10,20H,5,7,11H2,1H3,(H,23,26)(H,27,28)(H2,24,25,29). The van der Waals surface area contributed by atoms with Crippen molar-refractivity contribution in [2.75, 3.05) is 19.0 Å². The largest absolute Gasteiger partial charge is 0.497 e. The number of allylic oxidation sites excluding steroid dienone is 1. The number of amides is 3. The van der Waals surface area contributed by atoms with Crippen LogP contribution in [0.1, 0.15) is 23.6 Å². The highest BCUT2D eigenvalue weighted by molar-refractivity contribution is 5.96. The minimum Gasteiger partial charge on any atom is -0.497 e. The highest BCUT2D eigenvalue weighted by Crippen LogP contribution is 2.35. The Balaban J connectivity index is 1.65. The molecule has 2 heterocycles. The van der Waals surface area contributed by atoms with Gasteiger partial charge in [0.05, 0.1) is 24.4 Å². The van der Waals surface area contributed by atoms with Crippen molar-refractivity contribution in [2.45, 2.75) is 18.9 Å². The van der Waals surface area contributed by atoms with E-state index >= 15 is 0 Å². The SMILES string of the molecule is COc1cccc(CCC2=C(C(=O)O)C(c3ccc4c(c3)NC(=O)CO4)NC(=O)N2)c1. The third-order valence-corrected chi connectivity index (χ3v) is 5.15. The van der Waals surface area contributed by atoms with E-state index in [0.29, 0.717) is 41.3 Å². The molecule has 2 aliphatic rings. The number of methoxy groups -OCH3 is 1. The third kappa shape index (κ3) is 4.30. The first-order valence-electron chi connectivity index (χ1n) is 9.68. The number of fused-ring (bicyclic) bond motifs is 1. The molecule has 160 valence electrons. The van der Waals surface area contributed by atoms with E-state index in [2.05, 4.69) is 16.0 Å². The summed E-state index contributed by atoms with van der Waals surface area (Å²) in [5.41, 5.74) is 2.29. The van der Waals surface area contributed by atoms with Gasteiger partial charge in [0.1, 0.15) is 11.5 Å². The Bertz CT molecular complexity index is 1090. The smallest absolute Gasteiger partial charge is 0.335 e. The van der Waals surface area contributed by atoms with Crippen molar-refractivity contribution in [3.8, 4) is 11.5 Å². The van der Waals surface area contributed by atoms with Crippen LogP contribution in [0.5, 0.6) is 11.5 Å². The lowest BCUT2D eigenvalue weighted by Gasteiger charge is -2.29. The molecule has 0 aromatic heterocycles. The Hall–Kier alpha value is -4.01. The van der Waals surface area contributed by atoms with Gasteiger partial charge in [0.15, 0.2) is 6.61 Å². The van der Waals surface area contributed by atoms with Gasteiger partial charge in [-0.3, -0.25) is 4.79 Å². The fraction of sp³-hybridized carbons (Fsp3) is 0.227. The third-order valence-electron chi connectivity index (χ3n) is 5.15. The Labute approximate surface area is 178 Å². The first kappa shape index (κ1) is 20.3. The van der Waals surface area contributed by atoms with Gasteiger partial charge in [-0.1, -0.05) is 18.2 Å². The van der Waals surface area contributed by atoms with Crippen molar-refractivity contribution in [2.24, 2.45) is 0 Å². The number of hydrogen-bond donors (Lipinski definition) is 4. The van der Waals surface area contributed by atoms with Crippen LogP contribution in [-0.2, 0) is 16.0 Å². The number of nitrogens with one attached hydrogen (secondary N) is 3. The van der Waals surface area contributed by atoms with Crippen LogP contribution in [0.4, 0.5) is 10.5 Å². The number of aryl methyl sites for hydroxylation is 1. The lowest BCUT2D eigenvalue weighted by molar-refractivity contribution is -0.133. The number of carboxylic acids is 1. The molecule has 3 amide bonds. The predicted molar refractivity (Wildman–Crippen MR) is 111 cm³/mol. The fourth-order valence-corrected chi connectivity index (χ4v) is 3.70. The summed E-state index contributed by atoms with van der Waals surface area (Å²) in [6.45, 7) is -0.0782. The summed E-state index contributed by atoms with van der Waals surface area (Å²) in [5, 5.41) is 17.9. The molecular formula is C22H21N3O6. The van der Waals surface area contributed by atoms with Crippen molar-refractivity contribution in [1.82, 2.24) is 10.6 Å². The molecular weight excluding hydrogens is 402 g/mol. The quantitative estimate of drug-likeness (QED) is 0.565.